The highest BCUT2D eigenvalue weighted by Crippen LogP contribution is 2.40. The molecule has 1 atom stereocenters. The number of halogens is 2. The van der Waals surface area contributed by atoms with Crippen LogP contribution < -0.4 is 0 Å². The Morgan fingerprint density at radius 1 is 0.880 bits per heavy atom. The number of rotatable bonds is 3. The summed E-state index contributed by atoms with van der Waals surface area (Å²) in [7, 11) is 0. The molecule has 0 aromatic heterocycles. The first-order valence-corrected chi connectivity index (χ1v) is 10.6. The molecule has 2 heterocycles. The van der Waals surface area contributed by atoms with Gasteiger partial charge in [-0.3, -0.25) is 4.90 Å². The maximum absolute atomic E-state index is 13.8. The van der Waals surface area contributed by atoms with E-state index in [4.69, 9.17) is 0 Å². The third-order valence-corrected chi connectivity index (χ3v) is 6.63. The molecule has 1 saturated carbocycles. The van der Waals surface area contributed by atoms with E-state index in [9.17, 15) is 8.78 Å². The quantitative estimate of drug-likeness (QED) is 0.677. The summed E-state index contributed by atoms with van der Waals surface area (Å²) in [5, 5.41) is 0. The third kappa shape index (κ3) is 5.89. The lowest BCUT2D eigenvalue weighted by Gasteiger charge is -2.46. The van der Waals surface area contributed by atoms with E-state index in [2.05, 4.69) is 25.7 Å². The van der Waals surface area contributed by atoms with Crippen LogP contribution in [0.1, 0.15) is 73.1 Å². The molecule has 3 rings (SSSR count). The first-order valence-electron chi connectivity index (χ1n) is 10.6. The van der Waals surface area contributed by atoms with E-state index in [0.717, 1.165) is 31.3 Å². The van der Waals surface area contributed by atoms with Crippen LogP contribution in [-0.4, -0.2) is 54.0 Å². The zero-order valence-electron chi connectivity index (χ0n) is 17.1. The number of hydrogen-bond donors (Lipinski definition) is 0. The predicted octanol–water partition coefficient (Wildman–Crippen LogP) is 5.28. The molecule has 0 N–H and O–H groups in total. The molecule has 4 heteroatoms. The molecule has 0 aromatic rings. The normalized spacial score (nSPS) is 29.4. The Balaban J connectivity index is 0.000000196. The van der Waals surface area contributed by atoms with Crippen LogP contribution in [0.2, 0.25) is 0 Å². The summed E-state index contributed by atoms with van der Waals surface area (Å²) in [4.78, 5) is 4.59. The molecule has 2 nitrogen and oxygen atoms in total. The number of likely N-dealkylation sites (tertiary alicyclic amines) is 2. The Bertz CT molecular complexity index is 385. The second-order valence-corrected chi connectivity index (χ2v) is 9.27. The van der Waals surface area contributed by atoms with Crippen molar-refractivity contribution >= 4 is 0 Å². The molecular weight excluding hydrogens is 318 g/mol. The summed E-state index contributed by atoms with van der Waals surface area (Å²) in [5.74, 6) is -1.81. The van der Waals surface area contributed by atoms with Crippen molar-refractivity contribution in [1.29, 1.82) is 0 Å². The van der Waals surface area contributed by atoms with E-state index in [-0.39, 0.29) is 12.5 Å². The van der Waals surface area contributed by atoms with Gasteiger partial charge in [0.1, 0.15) is 0 Å². The zero-order chi connectivity index (χ0) is 18.6. The van der Waals surface area contributed by atoms with E-state index in [1.165, 1.54) is 32.4 Å². The molecule has 3 fully saturated rings. The van der Waals surface area contributed by atoms with Crippen LogP contribution in [0.5, 0.6) is 0 Å². The molecule has 0 bridgehead atoms. The number of piperidine rings is 2. The minimum atomic E-state index is -2.47. The average molecular weight is 359 g/mol. The van der Waals surface area contributed by atoms with Crippen LogP contribution in [0.3, 0.4) is 0 Å². The summed E-state index contributed by atoms with van der Waals surface area (Å²) in [6, 6.07) is 1.22. The van der Waals surface area contributed by atoms with Crippen LogP contribution >= 0.6 is 0 Å². The van der Waals surface area contributed by atoms with Crippen LogP contribution in [-0.2, 0) is 0 Å². The number of alkyl halides is 2. The van der Waals surface area contributed by atoms with Crippen molar-refractivity contribution in [1.82, 2.24) is 9.80 Å². The lowest BCUT2D eigenvalue weighted by Crippen LogP contribution is -2.54. The highest BCUT2D eigenvalue weighted by molar-refractivity contribution is 4.92. The van der Waals surface area contributed by atoms with Crippen molar-refractivity contribution in [2.75, 3.05) is 26.2 Å². The molecule has 0 radical (unpaired) electrons. The van der Waals surface area contributed by atoms with Crippen LogP contribution in [0.4, 0.5) is 8.78 Å². The second-order valence-electron chi connectivity index (χ2n) is 9.27. The fraction of sp³-hybridized carbons (Fsp3) is 1.00. The van der Waals surface area contributed by atoms with E-state index < -0.39 is 11.8 Å². The molecule has 2 saturated heterocycles. The van der Waals surface area contributed by atoms with Crippen molar-refractivity contribution in [2.45, 2.75) is 91.1 Å². The summed E-state index contributed by atoms with van der Waals surface area (Å²) >= 11 is 0. The molecule has 2 aliphatic heterocycles. The zero-order valence-corrected chi connectivity index (χ0v) is 17.1. The Morgan fingerprint density at radius 2 is 1.48 bits per heavy atom. The van der Waals surface area contributed by atoms with Gasteiger partial charge in [0.05, 0.1) is 6.54 Å². The molecule has 0 amide bonds. The smallest absolute Gasteiger partial charge is 0.263 e. The lowest BCUT2D eigenvalue weighted by atomic mass is 9.81. The molecule has 1 unspecified atom stereocenters. The maximum Gasteiger partial charge on any atom is 0.263 e. The van der Waals surface area contributed by atoms with Gasteiger partial charge < -0.3 is 4.90 Å². The van der Waals surface area contributed by atoms with Crippen molar-refractivity contribution in [3.05, 3.63) is 0 Å². The van der Waals surface area contributed by atoms with Crippen molar-refractivity contribution in [2.24, 2.45) is 17.8 Å². The van der Waals surface area contributed by atoms with E-state index in [0.29, 0.717) is 12.5 Å². The Kier molecular flexibility index (Phi) is 7.69. The molecule has 3 aliphatic rings. The molecule has 25 heavy (non-hydrogen) atoms. The fourth-order valence-electron chi connectivity index (χ4n) is 4.41. The minimum Gasteiger partial charge on any atom is -0.301 e. The van der Waals surface area contributed by atoms with Gasteiger partial charge in [0.2, 0.25) is 0 Å². The van der Waals surface area contributed by atoms with Gasteiger partial charge in [-0.1, -0.05) is 27.2 Å². The standard InChI is InChI=1S/C12H21F2N.C9H19N/c1-9(2)11-6-7-15(8-12(11,13)14)10-4-3-5-10;1-8(2)10-6-4-9(3)5-7-10/h9-11H,3-8H2,1-2H3;8-9H,4-7H2,1-3H3. The number of nitrogens with zero attached hydrogens (tertiary/aromatic N) is 2. The Hall–Kier alpha value is -0.220. The van der Waals surface area contributed by atoms with Gasteiger partial charge >= 0.3 is 0 Å². The molecule has 1 aliphatic carbocycles. The lowest BCUT2D eigenvalue weighted by molar-refractivity contribution is -0.138. The molecular formula is C21H40F2N2. The fourth-order valence-corrected chi connectivity index (χ4v) is 4.41. The Morgan fingerprint density at radius 3 is 1.88 bits per heavy atom. The Labute approximate surface area is 154 Å². The topological polar surface area (TPSA) is 6.48 Å². The predicted molar refractivity (Wildman–Crippen MR) is 102 cm³/mol. The van der Waals surface area contributed by atoms with Crippen LogP contribution in [0, 0.1) is 17.8 Å². The summed E-state index contributed by atoms with van der Waals surface area (Å²) in [5.41, 5.74) is 0. The molecule has 0 spiro atoms. The largest absolute Gasteiger partial charge is 0.301 e. The second kappa shape index (κ2) is 9.12. The van der Waals surface area contributed by atoms with Gasteiger partial charge in [-0.15, -0.1) is 0 Å². The maximum atomic E-state index is 13.8. The molecule has 148 valence electrons. The summed E-state index contributed by atoms with van der Waals surface area (Å²) in [6.45, 7) is 14.3. The minimum absolute atomic E-state index is 0.000509. The van der Waals surface area contributed by atoms with Gasteiger partial charge in [-0.2, -0.15) is 0 Å². The number of hydrogen-bond acceptors (Lipinski definition) is 2. The van der Waals surface area contributed by atoms with Crippen molar-refractivity contribution in [3.8, 4) is 0 Å². The summed E-state index contributed by atoms with van der Waals surface area (Å²) in [6.07, 6.45) is 6.95. The highest BCUT2D eigenvalue weighted by Gasteiger charge is 2.47. The van der Waals surface area contributed by atoms with E-state index >= 15 is 0 Å². The first kappa shape index (κ1) is 21.1. The van der Waals surface area contributed by atoms with Gasteiger partial charge in [0.25, 0.3) is 5.92 Å². The third-order valence-electron chi connectivity index (χ3n) is 6.63. The van der Waals surface area contributed by atoms with Crippen LogP contribution in [0.25, 0.3) is 0 Å². The van der Waals surface area contributed by atoms with E-state index in [1.807, 2.05) is 18.7 Å². The van der Waals surface area contributed by atoms with E-state index in [1.54, 1.807) is 0 Å². The first-order chi connectivity index (χ1) is 11.7. The highest BCUT2D eigenvalue weighted by atomic mass is 19.3. The monoisotopic (exact) mass is 358 g/mol. The van der Waals surface area contributed by atoms with Gasteiger partial charge in [-0.25, -0.2) is 8.78 Å². The van der Waals surface area contributed by atoms with Crippen LogP contribution in [0.15, 0.2) is 0 Å². The SMILES string of the molecule is CC(C)C1CCN(C2CCC2)CC1(F)F.CC1CCN(C(C)C)CC1. The van der Waals surface area contributed by atoms with Gasteiger partial charge in [0.15, 0.2) is 0 Å². The van der Waals surface area contributed by atoms with Gasteiger partial charge in [0, 0.05) is 18.0 Å². The molecule has 0 aromatic carbocycles. The average Bonchev–Trinajstić information content (AvgIpc) is 2.45. The van der Waals surface area contributed by atoms with Crippen molar-refractivity contribution in [3.63, 3.8) is 0 Å². The summed E-state index contributed by atoms with van der Waals surface area (Å²) < 4.78 is 27.7. The van der Waals surface area contributed by atoms with Crippen molar-refractivity contribution < 1.29 is 8.78 Å². The van der Waals surface area contributed by atoms with Gasteiger partial charge in [-0.05, 0) is 77.4 Å².